The molecule has 0 aliphatic heterocycles. The predicted octanol–water partition coefficient (Wildman–Crippen LogP) is 2.26. The molecule has 2 atom stereocenters. The Kier molecular flexibility index (Phi) is 4.49. The number of fused-ring (bicyclic) bond motifs is 1. The Morgan fingerprint density at radius 2 is 2.36 bits per heavy atom. The second-order valence-electron chi connectivity index (χ2n) is 6.29. The molecule has 1 amide bonds. The van der Waals surface area contributed by atoms with E-state index in [0.717, 1.165) is 42.0 Å². The smallest absolute Gasteiger partial charge is 0.222 e. The summed E-state index contributed by atoms with van der Waals surface area (Å²) in [5.41, 5.74) is 2.15. The van der Waals surface area contributed by atoms with Gasteiger partial charge in [-0.15, -0.1) is 11.3 Å². The molecular formula is C16H23N3O2S. The van der Waals surface area contributed by atoms with Crippen LogP contribution in [0.2, 0.25) is 0 Å². The molecule has 22 heavy (non-hydrogen) atoms. The Bertz CT molecular complexity index is 663. The summed E-state index contributed by atoms with van der Waals surface area (Å²) in [6.45, 7) is 2.65. The van der Waals surface area contributed by atoms with E-state index in [1.54, 1.807) is 16.2 Å². The largest absolute Gasteiger partial charge is 0.393 e. The van der Waals surface area contributed by atoms with Crippen LogP contribution in [0, 0.1) is 12.8 Å². The molecule has 2 aromatic heterocycles. The maximum Gasteiger partial charge on any atom is 0.222 e. The molecule has 120 valence electrons. The summed E-state index contributed by atoms with van der Waals surface area (Å²) in [7, 11) is 1.85. The number of aliphatic hydroxyl groups excluding tert-OH is 1. The van der Waals surface area contributed by atoms with Gasteiger partial charge in [0.2, 0.25) is 5.91 Å². The van der Waals surface area contributed by atoms with Gasteiger partial charge in [0.25, 0.3) is 0 Å². The van der Waals surface area contributed by atoms with Crippen molar-refractivity contribution in [2.24, 2.45) is 5.92 Å². The van der Waals surface area contributed by atoms with Crippen LogP contribution in [0.3, 0.4) is 0 Å². The topological polar surface area (TPSA) is 57.8 Å². The van der Waals surface area contributed by atoms with Crippen molar-refractivity contribution >= 4 is 22.2 Å². The molecule has 1 aliphatic carbocycles. The highest BCUT2D eigenvalue weighted by Crippen LogP contribution is 2.26. The lowest BCUT2D eigenvalue weighted by molar-refractivity contribution is -0.130. The number of aromatic nitrogens is 2. The van der Waals surface area contributed by atoms with Crippen molar-refractivity contribution in [1.82, 2.24) is 14.3 Å². The Morgan fingerprint density at radius 3 is 3.09 bits per heavy atom. The van der Waals surface area contributed by atoms with Gasteiger partial charge in [-0.3, -0.25) is 9.20 Å². The van der Waals surface area contributed by atoms with Crippen molar-refractivity contribution in [1.29, 1.82) is 0 Å². The van der Waals surface area contributed by atoms with E-state index in [1.807, 2.05) is 20.2 Å². The Hall–Kier alpha value is -1.40. The maximum absolute atomic E-state index is 12.3. The third-order valence-electron chi connectivity index (χ3n) is 4.55. The highest BCUT2D eigenvalue weighted by molar-refractivity contribution is 7.15. The third-order valence-corrected chi connectivity index (χ3v) is 5.44. The molecule has 2 heterocycles. The van der Waals surface area contributed by atoms with Crippen molar-refractivity contribution in [3.63, 3.8) is 0 Å². The normalized spacial score (nSPS) is 21.6. The molecule has 6 heteroatoms. The van der Waals surface area contributed by atoms with Crippen LogP contribution >= 0.6 is 11.3 Å². The molecule has 2 aromatic rings. The molecule has 1 saturated carbocycles. The summed E-state index contributed by atoms with van der Waals surface area (Å²) >= 11 is 1.62. The second-order valence-corrected chi connectivity index (χ2v) is 7.13. The monoisotopic (exact) mass is 321 g/mol. The lowest BCUT2D eigenvalue weighted by Crippen LogP contribution is -2.34. The average Bonchev–Trinajstić information content (AvgIpc) is 3.13. The lowest BCUT2D eigenvalue weighted by Gasteiger charge is -2.23. The second kappa shape index (κ2) is 6.38. The van der Waals surface area contributed by atoms with Gasteiger partial charge in [0, 0.05) is 43.2 Å². The molecule has 0 bridgehead atoms. The molecule has 5 nitrogen and oxygen atoms in total. The first-order chi connectivity index (χ1) is 10.5. The number of thiazole rings is 1. The van der Waals surface area contributed by atoms with Crippen molar-refractivity contribution in [3.8, 4) is 0 Å². The van der Waals surface area contributed by atoms with Gasteiger partial charge >= 0.3 is 0 Å². The quantitative estimate of drug-likeness (QED) is 0.919. The first kappa shape index (κ1) is 15.5. The minimum atomic E-state index is -0.235. The number of amides is 1. The number of imidazole rings is 1. The lowest BCUT2D eigenvalue weighted by atomic mass is 10.1. The Labute approximate surface area is 134 Å². The molecule has 0 radical (unpaired) electrons. The number of aryl methyl sites for hydroxylation is 2. The van der Waals surface area contributed by atoms with Crippen LogP contribution in [0.25, 0.3) is 4.96 Å². The number of hydrogen-bond donors (Lipinski definition) is 1. The fraction of sp³-hybridized carbons (Fsp3) is 0.625. The number of hydrogen-bond acceptors (Lipinski definition) is 4. The van der Waals surface area contributed by atoms with Crippen LogP contribution in [0.1, 0.15) is 37.1 Å². The average molecular weight is 321 g/mol. The SMILES string of the molecule is Cc1cn2c(CCC(=O)N(C)CC3CCCC3O)csc2n1. The van der Waals surface area contributed by atoms with E-state index in [0.29, 0.717) is 13.0 Å². The summed E-state index contributed by atoms with van der Waals surface area (Å²) in [5, 5.41) is 12.0. The van der Waals surface area contributed by atoms with Gasteiger partial charge < -0.3 is 10.0 Å². The summed E-state index contributed by atoms with van der Waals surface area (Å²) < 4.78 is 2.08. The van der Waals surface area contributed by atoms with E-state index >= 15 is 0 Å². The molecule has 0 aromatic carbocycles. The fourth-order valence-electron chi connectivity index (χ4n) is 3.23. The highest BCUT2D eigenvalue weighted by atomic mass is 32.1. The number of carbonyl (C=O) groups excluding carboxylic acids is 1. The van der Waals surface area contributed by atoms with E-state index < -0.39 is 0 Å². The van der Waals surface area contributed by atoms with Gasteiger partial charge in [-0.05, 0) is 26.2 Å². The van der Waals surface area contributed by atoms with Gasteiger partial charge in [-0.2, -0.15) is 0 Å². The van der Waals surface area contributed by atoms with Gasteiger partial charge in [0.15, 0.2) is 4.96 Å². The molecular weight excluding hydrogens is 298 g/mol. The summed E-state index contributed by atoms with van der Waals surface area (Å²) in [5.74, 6) is 0.397. The fourth-order valence-corrected chi connectivity index (χ4v) is 4.18. The Balaban J connectivity index is 1.55. The van der Waals surface area contributed by atoms with Gasteiger partial charge in [-0.25, -0.2) is 4.98 Å². The zero-order chi connectivity index (χ0) is 15.7. The molecule has 1 aliphatic rings. The van der Waals surface area contributed by atoms with E-state index in [-0.39, 0.29) is 17.9 Å². The van der Waals surface area contributed by atoms with E-state index in [9.17, 15) is 9.90 Å². The number of nitrogens with zero attached hydrogens (tertiary/aromatic N) is 3. The maximum atomic E-state index is 12.3. The van der Waals surface area contributed by atoms with Crippen molar-refractivity contribution in [2.45, 2.75) is 45.1 Å². The number of carbonyl (C=O) groups is 1. The van der Waals surface area contributed by atoms with Crippen LogP contribution in [0.15, 0.2) is 11.6 Å². The van der Waals surface area contributed by atoms with Gasteiger partial charge in [0.05, 0.1) is 11.8 Å². The van der Waals surface area contributed by atoms with E-state index in [4.69, 9.17) is 0 Å². The van der Waals surface area contributed by atoms with E-state index in [1.165, 1.54) is 0 Å². The summed E-state index contributed by atoms with van der Waals surface area (Å²) in [4.78, 5) is 19.5. The zero-order valence-corrected chi connectivity index (χ0v) is 14.0. The molecule has 2 unspecified atom stereocenters. The minimum absolute atomic E-state index is 0.148. The Morgan fingerprint density at radius 1 is 1.55 bits per heavy atom. The van der Waals surface area contributed by atoms with Crippen LogP contribution in [-0.4, -0.2) is 45.0 Å². The van der Waals surface area contributed by atoms with Crippen molar-refractivity contribution in [2.75, 3.05) is 13.6 Å². The molecule has 0 saturated heterocycles. The van der Waals surface area contributed by atoms with Crippen LogP contribution < -0.4 is 0 Å². The first-order valence-corrected chi connectivity index (χ1v) is 8.76. The van der Waals surface area contributed by atoms with Gasteiger partial charge in [-0.1, -0.05) is 6.42 Å². The minimum Gasteiger partial charge on any atom is -0.393 e. The number of rotatable bonds is 5. The van der Waals surface area contributed by atoms with Gasteiger partial charge in [0.1, 0.15) is 0 Å². The molecule has 1 fully saturated rings. The predicted molar refractivity (Wildman–Crippen MR) is 87.1 cm³/mol. The molecule has 3 rings (SSSR count). The summed E-state index contributed by atoms with van der Waals surface area (Å²) in [6.07, 6.45) is 5.98. The zero-order valence-electron chi connectivity index (χ0n) is 13.2. The highest BCUT2D eigenvalue weighted by Gasteiger charge is 2.27. The third kappa shape index (κ3) is 3.17. The first-order valence-electron chi connectivity index (χ1n) is 7.88. The molecule has 0 spiro atoms. The van der Waals surface area contributed by atoms with Crippen LogP contribution in [0.5, 0.6) is 0 Å². The molecule has 1 N–H and O–H groups in total. The van der Waals surface area contributed by atoms with Crippen LogP contribution in [0.4, 0.5) is 0 Å². The van der Waals surface area contributed by atoms with Crippen LogP contribution in [-0.2, 0) is 11.2 Å². The van der Waals surface area contributed by atoms with E-state index in [2.05, 4.69) is 14.8 Å². The van der Waals surface area contributed by atoms with Crippen molar-refractivity contribution in [3.05, 3.63) is 23.0 Å². The summed E-state index contributed by atoms with van der Waals surface area (Å²) in [6, 6.07) is 0. The van der Waals surface area contributed by atoms with Crippen molar-refractivity contribution < 1.29 is 9.90 Å². The standard InChI is InChI=1S/C16H23N3O2S/c1-11-8-19-13(10-22-16(19)17-11)6-7-15(21)18(2)9-12-4-3-5-14(12)20/h8,10,12,14,20H,3-7,9H2,1-2H3. The number of aliphatic hydroxyl groups is 1.